The first-order chi connectivity index (χ1) is 9.61. The first-order valence-corrected chi connectivity index (χ1v) is 7.66. The lowest BCUT2D eigenvalue weighted by Gasteiger charge is -2.22. The average Bonchev–Trinajstić information content (AvgIpc) is 2.91. The van der Waals surface area contributed by atoms with Crippen LogP contribution in [-0.4, -0.2) is 13.6 Å². The van der Waals surface area contributed by atoms with Gasteiger partial charge in [-0.15, -0.1) is 0 Å². The number of nitrogens with zero attached hydrogens (tertiary/aromatic N) is 1. The maximum absolute atomic E-state index is 5.11. The van der Waals surface area contributed by atoms with Crippen molar-refractivity contribution in [1.29, 1.82) is 0 Å². The van der Waals surface area contributed by atoms with Crippen LogP contribution in [0.15, 0.2) is 45.7 Å². The molecule has 2 aromatic rings. The molecule has 1 aromatic heterocycles. The maximum atomic E-state index is 5.11. The number of benzene rings is 1. The number of nitrogens with one attached hydrogen (secondary N) is 1. The lowest BCUT2D eigenvalue weighted by molar-refractivity contribution is 0.563. The zero-order valence-corrected chi connectivity index (χ0v) is 13.8. The van der Waals surface area contributed by atoms with Gasteiger partial charge in [0.15, 0.2) is 0 Å². The number of rotatable bonds is 6. The highest BCUT2D eigenvalue weighted by molar-refractivity contribution is 9.10. The molecule has 0 aliphatic carbocycles. The molecule has 0 saturated carbocycles. The summed E-state index contributed by atoms with van der Waals surface area (Å²) in [5.74, 6) is 0. The molecule has 0 aliphatic rings. The summed E-state index contributed by atoms with van der Waals surface area (Å²) in [6.07, 6.45) is 3.49. The third kappa shape index (κ3) is 3.64. The van der Waals surface area contributed by atoms with Gasteiger partial charge in [-0.3, -0.25) is 0 Å². The molecule has 1 atom stereocenters. The summed E-state index contributed by atoms with van der Waals surface area (Å²) in [6.45, 7) is 6.11. The van der Waals surface area contributed by atoms with E-state index in [0.29, 0.717) is 6.04 Å². The lowest BCUT2D eigenvalue weighted by atomic mass is 10.1. The van der Waals surface area contributed by atoms with Crippen LogP contribution in [0.1, 0.15) is 31.0 Å². The number of hydrogen-bond acceptors (Lipinski definition) is 3. The van der Waals surface area contributed by atoms with E-state index >= 15 is 0 Å². The van der Waals surface area contributed by atoms with Crippen LogP contribution in [-0.2, 0) is 6.54 Å². The van der Waals surface area contributed by atoms with Gasteiger partial charge in [0.1, 0.15) is 0 Å². The minimum Gasteiger partial charge on any atom is -0.472 e. The Kier molecular flexibility index (Phi) is 5.26. The number of anilines is 1. The van der Waals surface area contributed by atoms with Gasteiger partial charge in [0, 0.05) is 29.7 Å². The molecule has 1 aromatic carbocycles. The van der Waals surface area contributed by atoms with Crippen molar-refractivity contribution in [3.8, 4) is 0 Å². The van der Waals surface area contributed by atoms with Crippen LogP contribution < -0.4 is 10.2 Å². The maximum Gasteiger partial charge on any atom is 0.0952 e. The van der Waals surface area contributed by atoms with E-state index < -0.39 is 0 Å². The van der Waals surface area contributed by atoms with Crippen molar-refractivity contribution in [2.45, 2.75) is 26.4 Å². The fourth-order valence-electron chi connectivity index (χ4n) is 2.27. The van der Waals surface area contributed by atoms with Gasteiger partial charge in [-0.05, 0) is 53.2 Å². The van der Waals surface area contributed by atoms with Gasteiger partial charge in [0.05, 0.1) is 18.2 Å². The van der Waals surface area contributed by atoms with Crippen molar-refractivity contribution >= 4 is 21.6 Å². The highest BCUT2D eigenvalue weighted by atomic mass is 79.9. The predicted molar refractivity (Wildman–Crippen MR) is 87.0 cm³/mol. The summed E-state index contributed by atoms with van der Waals surface area (Å²) in [4.78, 5) is 2.20. The van der Waals surface area contributed by atoms with Gasteiger partial charge in [0.25, 0.3) is 0 Å². The molecule has 0 amide bonds. The molecule has 20 heavy (non-hydrogen) atoms. The monoisotopic (exact) mass is 336 g/mol. The second kappa shape index (κ2) is 6.95. The zero-order chi connectivity index (χ0) is 14.5. The fourth-order valence-corrected chi connectivity index (χ4v) is 2.97. The molecule has 0 fully saturated rings. The molecule has 0 saturated heterocycles. The third-order valence-electron chi connectivity index (χ3n) is 3.39. The summed E-state index contributed by atoms with van der Waals surface area (Å²) in [5, 5.41) is 3.43. The first kappa shape index (κ1) is 15.1. The van der Waals surface area contributed by atoms with E-state index in [1.54, 1.807) is 12.5 Å². The molecule has 1 N–H and O–H groups in total. The van der Waals surface area contributed by atoms with Crippen LogP contribution in [0.5, 0.6) is 0 Å². The Hall–Kier alpha value is -1.26. The Morgan fingerprint density at radius 2 is 2.15 bits per heavy atom. The summed E-state index contributed by atoms with van der Waals surface area (Å²) in [5.41, 5.74) is 3.64. The number of hydrogen-bond donors (Lipinski definition) is 1. The molecule has 0 bridgehead atoms. The molecule has 0 radical (unpaired) electrons. The molecular formula is C16H21BrN2O. The molecule has 1 heterocycles. The third-order valence-corrected chi connectivity index (χ3v) is 4.03. The van der Waals surface area contributed by atoms with E-state index in [-0.39, 0.29) is 0 Å². The molecule has 3 nitrogen and oxygen atoms in total. The molecule has 4 heteroatoms. The average molecular weight is 337 g/mol. The van der Waals surface area contributed by atoms with E-state index in [4.69, 9.17) is 4.42 Å². The molecule has 1 unspecified atom stereocenters. The highest BCUT2D eigenvalue weighted by Crippen LogP contribution is 2.29. The molecule has 0 spiro atoms. The molecule has 0 aliphatic heterocycles. The SMILES string of the molecule is CCNC(C)c1ccc(N(C)Cc2ccoc2)c(Br)c1. The minimum atomic E-state index is 0.365. The van der Waals surface area contributed by atoms with Crippen molar-refractivity contribution in [2.75, 3.05) is 18.5 Å². The van der Waals surface area contributed by atoms with Crippen molar-refractivity contribution in [3.63, 3.8) is 0 Å². The predicted octanol–water partition coefficient (Wildman–Crippen LogP) is 4.35. The van der Waals surface area contributed by atoms with Crippen LogP contribution in [0.4, 0.5) is 5.69 Å². The van der Waals surface area contributed by atoms with E-state index in [9.17, 15) is 0 Å². The summed E-state index contributed by atoms with van der Waals surface area (Å²) >= 11 is 3.68. The van der Waals surface area contributed by atoms with Crippen molar-refractivity contribution in [1.82, 2.24) is 5.32 Å². The second-order valence-corrected chi connectivity index (χ2v) is 5.83. The van der Waals surface area contributed by atoms with Gasteiger partial charge in [-0.25, -0.2) is 0 Å². The van der Waals surface area contributed by atoms with Gasteiger partial charge in [-0.2, -0.15) is 0 Å². The van der Waals surface area contributed by atoms with E-state index in [0.717, 1.165) is 17.6 Å². The smallest absolute Gasteiger partial charge is 0.0952 e. The van der Waals surface area contributed by atoms with Crippen molar-refractivity contribution < 1.29 is 4.42 Å². The second-order valence-electron chi connectivity index (χ2n) is 4.98. The van der Waals surface area contributed by atoms with E-state index in [1.807, 2.05) is 6.07 Å². The van der Waals surface area contributed by atoms with Gasteiger partial charge in [0.2, 0.25) is 0 Å². The Bertz CT molecular complexity index is 539. The van der Waals surface area contributed by atoms with Gasteiger partial charge >= 0.3 is 0 Å². The Morgan fingerprint density at radius 1 is 1.35 bits per heavy atom. The van der Waals surface area contributed by atoms with Crippen molar-refractivity contribution in [2.24, 2.45) is 0 Å². The molecule has 2 rings (SSSR count). The quantitative estimate of drug-likeness (QED) is 0.849. The van der Waals surface area contributed by atoms with Gasteiger partial charge < -0.3 is 14.6 Å². The van der Waals surface area contributed by atoms with Crippen LogP contribution >= 0.6 is 15.9 Å². The van der Waals surface area contributed by atoms with Gasteiger partial charge in [-0.1, -0.05) is 13.0 Å². The fraction of sp³-hybridized carbons (Fsp3) is 0.375. The normalized spacial score (nSPS) is 12.4. The summed E-state index contributed by atoms with van der Waals surface area (Å²) < 4.78 is 6.23. The highest BCUT2D eigenvalue weighted by Gasteiger charge is 2.10. The van der Waals surface area contributed by atoms with Crippen LogP contribution in [0, 0.1) is 0 Å². The van der Waals surface area contributed by atoms with Crippen molar-refractivity contribution in [3.05, 3.63) is 52.4 Å². The largest absolute Gasteiger partial charge is 0.472 e. The van der Waals surface area contributed by atoms with Crippen LogP contribution in [0.25, 0.3) is 0 Å². The zero-order valence-electron chi connectivity index (χ0n) is 12.2. The minimum absolute atomic E-state index is 0.365. The molecule has 108 valence electrons. The Morgan fingerprint density at radius 3 is 2.75 bits per heavy atom. The lowest BCUT2D eigenvalue weighted by Crippen LogP contribution is -2.19. The Balaban J connectivity index is 2.12. The molecular weight excluding hydrogens is 316 g/mol. The summed E-state index contributed by atoms with van der Waals surface area (Å²) in [7, 11) is 2.08. The first-order valence-electron chi connectivity index (χ1n) is 6.87. The Labute approximate surface area is 129 Å². The number of furan rings is 1. The van der Waals surface area contributed by atoms with E-state index in [1.165, 1.54) is 16.8 Å². The topological polar surface area (TPSA) is 28.4 Å². The van der Waals surface area contributed by atoms with E-state index in [2.05, 4.69) is 65.2 Å². The number of halogens is 1. The van der Waals surface area contributed by atoms with Crippen LogP contribution in [0.2, 0.25) is 0 Å². The van der Waals surface area contributed by atoms with Crippen LogP contribution in [0.3, 0.4) is 0 Å². The summed E-state index contributed by atoms with van der Waals surface area (Å²) in [6, 6.07) is 8.89. The standard InChI is InChI=1S/C16H21BrN2O/c1-4-18-12(2)14-5-6-16(15(17)9-14)19(3)10-13-7-8-20-11-13/h5-9,11-12,18H,4,10H2,1-3H3.